The molecule has 6 heteroatoms. The highest BCUT2D eigenvalue weighted by Gasteiger charge is 2.31. The molecule has 2 saturated heterocycles. The van der Waals surface area contributed by atoms with Crippen molar-refractivity contribution in [2.24, 2.45) is 0 Å². The van der Waals surface area contributed by atoms with Crippen molar-refractivity contribution in [2.45, 2.75) is 38.6 Å². The zero-order chi connectivity index (χ0) is 21.2. The van der Waals surface area contributed by atoms with E-state index in [1.54, 1.807) is 0 Å². The number of amides is 1. The number of aryl methyl sites for hydroxylation is 1. The summed E-state index contributed by atoms with van der Waals surface area (Å²) in [5.41, 5.74) is 3.59. The van der Waals surface area contributed by atoms with E-state index in [2.05, 4.69) is 20.0 Å². The number of carbonyl (C=O) groups excluding carboxylic acids is 1. The van der Waals surface area contributed by atoms with Gasteiger partial charge in [0, 0.05) is 35.8 Å². The van der Waals surface area contributed by atoms with Gasteiger partial charge in [0.1, 0.15) is 0 Å². The van der Waals surface area contributed by atoms with Gasteiger partial charge in [-0.1, -0.05) is 17.7 Å². The molecule has 0 N–H and O–H groups in total. The fourth-order valence-electron chi connectivity index (χ4n) is 4.71. The van der Waals surface area contributed by atoms with Crippen molar-refractivity contribution in [3.63, 3.8) is 0 Å². The first-order valence-electron chi connectivity index (χ1n) is 11.2. The van der Waals surface area contributed by atoms with E-state index >= 15 is 0 Å². The quantitative estimate of drug-likeness (QED) is 0.616. The van der Waals surface area contributed by atoms with E-state index < -0.39 is 0 Å². The molecule has 160 valence electrons. The van der Waals surface area contributed by atoms with Crippen LogP contribution in [0.5, 0.6) is 0 Å². The summed E-state index contributed by atoms with van der Waals surface area (Å²) in [6.07, 6.45) is 4.75. The van der Waals surface area contributed by atoms with E-state index in [4.69, 9.17) is 4.42 Å². The molecule has 0 aliphatic carbocycles. The van der Waals surface area contributed by atoms with Crippen molar-refractivity contribution in [1.29, 1.82) is 0 Å². The van der Waals surface area contributed by atoms with Crippen LogP contribution in [-0.4, -0.2) is 58.1 Å². The first kappa shape index (κ1) is 19.9. The van der Waals surface area contributed by atoms with E-state index in [9.17, 15) is 4.79 Å². The molecule has 3 heterocycles. The standard InChI is InChI=1S/C25H28N4O2/c1-18-6-4-7-21(16-18)24-27-26-23(31-24)19-9-11-20(12-10-19)25(30)29-15-5-8-22(29)17-28-13-2-3-14-28/h4,6-7,9-12,16,22H,2-3,5,8,13-15,17H2,1H3. The Bertz CT molecular complexity index is 1050. The Morgan fingerprint density at radius 3 is 2.45 bits per heavy atom. The summed E-state index contributed by atoms with van der Waals surface area (Å²) in [5.74, 6) is 1.09. The van der Waals surface area contributed by atoms with Gasteiger partial charge in [-0.05, 0) is 82.1 Å². The second-order valence-corrected chi connectivity index (χ2v) is 8.66. The molecular weight excluding hydrogens is 388 g/mol. The van der Waals surface area contributed by atoms with Crippen LogP contribution < -0.4 is 0 Å². The number of benzene rings is 2. The molecule has 2 aliphatic rings. The first-order valence-corrected chi connectivity index (χ1v) is 11.2. The Labute approximate surface area is 182 Å². The molecule has 1 amide bonds. The maximum atomic E-state index is 13.2. The van der Waals surface area contributed by atoms with Crippen LogP contribution in [0, 0.1) is 6.92 Å². The van der Waals surface area contributed by atoms with Gasteiger partial charge in [-0.25, -0.2) is 0 Å². The predicted molar refractivity (Wildman–Crippen MR) is 120 cm³/mol. The molecule has 0 saturated carbocycles. The number of nitrogens with zero attached hydrogens (tertiary/aromatic N) is 4. The Hall–Kier alpha value is -2.99. The van der Waals surface area contributed by atoms with E-state index in [-0.39, 0.29) is 5.91 Å². The molecule has 1 atom stereocenters. The van der Waals surface area contributed by atoms with E-state index in [0.717, 1.165) is 48.2 Å². The normalized spacial score (nSPS) is 19.3. The fourth-order valence-corrected chi connectivity index (χ4v) is 4.71. The van der Waals surface area contributed by atoms with Gasteiger partial charge in [0.25, 0.3) is 5.91 Å². The maximum Gasteiger partial charge on any atom is 0.254 e. The van der Waals surface area contributed by atoms with Gasteiger partial charge in [-0.15, -0.1) is 10.2 Å². The summed E-state index contributed by atoms with van der Waals surface area (Å²) < 4.78 is 5.88. The van der Waals surface area contributed by atoms with Gasteiger partial charge in [-0.3, -0.25) is 4.79 Å². The smallest absolute Gasteiger partial charge is 0.254 e. The largest absolute Gasteiger partial charge is 0.416 e. The van der Waals surface area contributed by atoms with Crippen molar-refractivity contribution in [2.75, 3.05) is 26.2 Å². The van der Waals surface area contributed by atoms with E-state index in [1.807, 2.05) is 55.5 Å². The molecular formula is C25H28N4O2. The van der Waals surface area contributed by atoms with Gasteiger partial charge < -0.3 is 14.2 Å². The lowest BCUT2D eigenvalue weighted by molar-refractivity contribution is 0.0709. The molecule has 3 aromatic rings. The summed E-state index contributed by atoms with van der Waals surface area (Å²) in [7, 11) is 0. The number of likely N-dealkylation sites (tertiary alicyclic amines) is 2. The van der Waals surface area contributed by atoms with Crippen molar-refractivity contribution in [3.8, 4) is 22.9 Å². The average molecular weight is 417 g/mol. The molecule has 31 heavy (non-hydrogen) atoms. The Morgan fingerprint density at radius 2 is 1.71 bits per heavy atom. The molecule has 0 spiro atoms. The molecule has 1 aromatic heterocycles. The Balaban J connectivity index is 1.29. The maximum absolute atomic E-state index is 13.2. The summed E-state index contributed by atoms with van der Waals surface area (Å²) >= 11 is 0. The molecule has 1 unspecified atom stereocenters. The lowest BCUT2D eigenvalue weighted by Gasteiger charge is -2.28. The molecule has 2 aliphatic heterocycles. The van der Waals surface area contributed by atoms with Gasteiger partial charge in [0.2, 0.25) is 11.8 Å². The summed E-state index contributed by atoms with van der Waals surface area (Å²) in [5, 5.41) is 8.38. The highest BCUT2D eigenvalue weighted by atomic mass is 16.4. The SMILES string of the molecule is Cc1cccc(-c2nnc(-c3ccc(C(=O)N4CCCC4CN4CCCC4)cc3)o2)c1. The number of rotatable bonds is 5. The van der Waals surface area contributed by atoms with Crippen LogP contribution in [-0.2, 0) is 0 Å². The minimum atomic E-state index is 0.124. The monoisotopic (exact) mass is 416 g/mol. The molecule has 0 bridgehead atoms. The second kappa shape index (κ2) is 8.63. The molecule has 0 radical (unpaired) electrons. The lowest BCUT2D eigenvalue weighted by Crippen LogP contribution is -2.42. The first-order chi connectivity index (χ1) is 15.2. The molecule has 5 rings (SSSR count). The van der Waals surface area contributed by atoms with Gasteiger partial charge in [-0.2, -0.15) is 0 Å². The van der Waals surface area contributed by atoms with Crippen LogP contribution in [0.15, 0.2) is 52.9 Å². The third-order valence-corrected chi connectivity index (χ3v) is 6.37. The van der Waals surface area contributed by atoms with Crippen LogP contribution in [0.2, 0.25) is 0 Å². The van der Waals surface area contributed by atoms with Crippen molar-refractivity contribution in [3.05, 3.63) is 59.7 Å². The van der Waals surface area contributed by atoms with Crippen LogP contribution in [0.3, 0.4) is 0 Å². The van der Waals surface area contributed by atoms with Crippen LogP contribution in [0.1, 0.15) is 41.6 Å². The highest BCUT2D eigenvalue weighted by Crippen LogP contribution is 2.26. The lowest BCUT2D eigenvalue weighted by atomic mass is 10.1. The van der Waals surface area contributed by atoms with E-state index in [0.29, 0.717) is 17.8 Å². The van der Waals surface area contributed by atoms with Gasteiger partial charge in [0.05, 0.1) is 0 Å². The summed E-state index contributed by atoms with van der Waals surface area (Å²) in [6, 6.07) is 15.9. The van der Waals surface area contributed by atoms with Crippen molar-refractivity contribution >= 4 is 5.91 Å². The number of aromatic nitrogens is 2. The number of carbonyl (C=O) groups is 1. The second-order valence-electron chi connectivity index (χ2n) is 8.66. The minimum Gasteiger partial charge on any atom is -0.416 e. The number of hydrogen-bond donors (Lipinski definition) is 0. The highest BCUT2D eigenvalue weighted by molar-refractivity contribution is 5.95. The third kappa shape index (κ3) is 4.26. The third-order valence-electron chi connectivity index (χ3n) is 6.37. The average Bonchev–Trinajstić information content (AvgIpc) is 3.56. The minimum absolute atomic E-state index is 0.124. The summed E-state index contributed by atoms with van der Waals surface area (Å²) in [6.45, 7) is 6.23. The van der Waals surface area contributed by atoms with E-state index in [1.165, 1.54) is 25.9 Å². The zero-order valence-corrected chi connectivity index (χ0v) is 18.0. The molecule has 2 fully saturated rings. The predicted octanol–water partition coefficient (Wildman–Crippen LogP) is 4.41. The Kier molecular flexibility index (Phi) is 5.55. The molecule has 2 aromatic carbocycles. The van der Waals surface area contributed by atoms with Crippen LogP contribution >= 0.6 is 0 Å². The van der Waals surface area contributed by atoms with Crippen LogP contribution in [0.25, 0.3) is 22.9 Å². The van der Waals surface area contributed by atoms with Gasteiger partial charge >= 0.3 is 0 Å². The van der Waals surface area contributed by atoms with Crippen molar-refractivity contribution in [1.82, 2.24) is 20.0 Å². The molecule has 6 nitrogen and oxygen atoms in total. The topological polar surface area (TPSA) is 62.5 Å². The fraction of sp³-hybridized carbons (Fsp3) is 0.400. The number of hydrogen-bond acceptors (Lipinski definition) is 5. The van der Waals surface area contributed by atoms with Crippen molar-refractivity contribution < 1.29 is 9.21 Å². The Morgan fingerprint density at radius 1 is 0.968 bits per heavy atom. The zero-order valence-electron chi connectivity index (χ0n) is 18.0. The van der Waals surface area contributed by atoms with Crippen LogP contribution in [0.4, 0.5) is 0 Å². The summed E-state index contributed by atoms with van der Waals surface area (Å²) in [4.78, 5) is 17.7. The van der Waals surface area contributed by atoms with Gasteiger partial charge in [0.15, 0.2) is 0 Å².